The number of carbonyl (C=O) groups excluding carboxylic acids is 2. The van der Waals surface area contributed by atoms with Gasteiger partial charge in [0, 0.05) is 69.4 Å². The summed E-state index contributed by atoms with van der Waals surface area (Å²) >= 11 is 0. The molecule has 0 spiro atoms. The summed E-state index contributed by atoms with van der Waals surface area (Å²) in [7, 11) is 0. The summed E-state index contributed by atoms with van der Waals surface area (Å²) in [5.41, 5.74) is 26.0. The quantitative estimate of drug-likeness (QED) is 0.0408. The van der Waals surface area contributed by atoms with Gasteiger partial charge >= 0.3 is 0 Å². The molecular formula is C53H86N6O16. The minimum atomic E-state index is -1.32. The van der Waals surface area contributed by atoms with Crippen LogP contribution in [0, 0.1) is 0 Å². The lowest BCUT2D eigenvalue weighted by Crippen LogP contribution is -2.62. The first-order valence-corrected chi connectivity index (χ1v) is 26.4. The Morgan fingerprint density at radius 1 is 0.560 bits per heavy atom. The average Bonchev–Trinajstić information content (AvgIpc) is 3.34. The molecule has 0 radical (unpaired) electrons. The molecule has 2 saturated heterocycles. The van der Waals surface area contributed by atoms with Crippen molar-refractivity contribution in [2.45, 2.75) is 208 Å². The topological polar surface area (TPSA) is 335 Å². The molecule has 22 heteroatoms. The normalized spacial score (nSPS) is 32.5. The van der Waals surface area contributed by atoms with Crippen molar-refractivity contribution in [1.29, 1.82) is 0 Å². The van der Waals surface area contributed by atoms with E-state index in [1.54, 1.807) is 0 Å². The lowest BCUT2D eigenvalue weighted by atomic mass is 9.85. The second-order valence-corrected chi connectivity index (χ2v) is 21.3. The second-order valence-electron chi connectivity index (χ2n) is 21.3. The molecule has 0 aromatic heterocycles. The lowest BCUT2D eigenvalue weighted by Gasteiger charge is -2.45. The molecule has 2 heterocycles. The zero-order chi connectivity index (χ0) is 54.1. The molecule has 2 aromatic rings. The molecule has 0 unspecified atom stereocenters. The molecule has 4 fully saturated rings. The van der Waals surface area contributed by atoms with Crippen molar-refractivity contribution in [2.75, 3.05) is 39.9 Å². The fourth-order valence-corrected chi connectivity index (χ4v) is 10.4. The van der Waals surface area contributed by atoms with Crippen molar-refractivity contribution in [1.82, 2.24) is 10.6 Å². The number of rotatable bonds is 28. The van der Waals surface area contributed by atoms with E-state index in [0.717, 1.165) is 11.1 Å². The van der Waals surface area contributed by atoms with Crippen molar-refractivity contribution in [3.8, 4) is 0 Å². The summed E-state index contributed by atoms with van der Waals surface area (Å²) < 4.78 is 61.8. The Hall–Kier alpha value is -3.34. The average molecular weight is 1060 g/mol. The number of hydrogen-bond acceptors (Lipinski definition) is 20. The number of carbonyl (C=O) groups is 2. The van der Waals surface area contributed by atoms with Gasteiger partial charge in [-0.2, -0.15) is 0 Å². The number of amides is 2. The van der Waals surface area contributed by atoms with E-state index in [9.17, 15) is 30.0 Å². The molecule has 2 amide bonds. The third-order valence-corrected chi connectivity index (χ3v) is 14.0. The van der Waals surface area contributed by atoms with Crippen LogP contribution in [0.25, 0.3) is 0 Å². The summed E-state index contributed by atoms with van der Waals surface area (Å²) in [6.45, 7) is 8.00. The van der Waals surface area contributed by atoms with Crippen LogP contribution in [-0.2, 0) is 70.2 Å². The van der Waals surface area contributed by atoms with Gasteiger partial charge in [-0.3, -0.25) is 9.59 Å². The Kier molecular flexibility index (Phi) is 24.0. The van der Waals surface area contributed by atoms with Gasteiger partial charge in [0.1, 0.15) is 51.2 Å². The molecule has 2 aromatic carbocycles. The smallest absolute Gasteiger partial charge is 0.246 e. The third kappa shape index (κ3) is 20.1. The van der Waals surface area contributed by atoms with E-state index in [4.69, 9.17) is 70.3 Å². The fourth-order valence-electron chi connectivity index (χ4n) is 10.4. The first-order valence-electron chi connectivity index (χ1n) is 26.4. The molecule has 2 aliphatic heterocycles. The van der Waals surface area contributed by atoms with E-state index in [1.165, 1.54) is 0 Å². The van der Waals surface area contributed by atoms with E-state index < -0.39 is 96.4 Å². The lowest BCUT2D eigenvalue weighted by molar-refractivity contribution is -0.328. The minimum absolute atomic E-state index is 0.00787. The van der Waals surface area contributed by atoms with E-state index in [2.05, 4.69) is 10.6 Å². The van der Waals surface area contributed by atoms with Gasteiger partial charge < -0.3 is 101 Å². The number of aliphatic hydroxyl groups excluding tert-OH is 4. The summed E-state index contributed by atoms with van der Waals surface area (Å²) in [6, 6.07) is 16.9. The Morgan fingerprint density at radius 2 is 0.933 bits per heavy atom. The van der Waals surface area contributed by atoms with Crippen LogP contribution in [0.4, 0.5) is 0 Å². The van der Waals surface area contributed by atoms with E-state index >= 15 is 0 Å². The first-order chi connectivity index (χ1) is 35.7. The van der Waals surface area contributed by atoms with Gasteiger partial charge in [0.2, 0.25) is 11.8 Å². The standard InChI is InChI=1S/C53H86N6O16/c1-52(2)72-36(19-34(70-30-66-26-32-11-7-5-8-12-32)15-17-58-44(60)28-68-50-42(56)24-40(54)46(62)48(50)64)21-38(74-52)23-39-22-37(73-53(3,4)75-39)20-35(71-31-67-27-33-13-9-6-10-14-33)16-18-59-45(61)29-69-51-43(57)25-41(55)47(63)49(51)65/h5-14,34-43,46-51,62-65H,15-31,54-57H2,1-4H3,(H,58,60)(H,59,61)/t34-,35-,36+,37+,38-,39+,40+,41+,42-,43-,46-,47-,48+,49+,50+,51+/m1/s1. The van der Waals surface area contributed by atoms with Crippen molar-refractivity contribution >= 4 is 11.8 Å². The van der Waals surface area contributed by atoms with Crippen LogP contribution in [0.5, 0.6) is 0 Å². The number of benzene rings is 2. The first kappa shape index (κ1) is 60.9. The zero-order valence-corrected chi connectivity index (χ0v) is 44.0. The number of aliphatic hydroxyl groups is 4. The SMILES string of the molecule is CC1(C)O[C@H](C[C@H]2C[C@H](C[C@@H](CCNC(=O)CO[C@@H]3[C@@H](O)[C@H](O)[C@@H](N)C[C@H]3N)OCOCc3ccccc3)OC(C)(C)O2)C[C@H](C[C@@H](CCNC(=O)CO[C@@H]2[C@@H](O)[C@H](O)[C@@H](N)C[C@H]2N)OCOCc2ccccc2)O1. The molecule has 6 rings (SSSR count). The van der Waals surface area contributed by atoms with Crippen molar-refractivity contribution < 1.29 is 77.4 Å². The summed E-state index contributed by atoms with van der Waals surface area (Å²) in [4.78, 5) is 25.9. The van der Waals surface area contributed by atoms with Crippen LogP contribution in [-0.4, -0.2) is 181 Å². The van der Waals surface area contributed by atoms with Gasteiger partial charge in [-0.25, -0.2) is 0 Å². The molecule has 0 bridgehead atoms. The molecule has 4 aliphatic rings. The van der Waals surface area contributed by atoms with Gasteiger partial charge in [0.05, 0.1) is 62.0 Å². The van der Waals surface area contributed by atoms with Gasteiger partial charge in [-0.1, -0.05) is 60.7 Å². The maximum Gasteiger partial charge on any atom is 0.246 e. The van der Waals surface area contributed by atoms with Crippen molar-refractivity contribution in [3.05, 3.63) is 71.8 Å². The predicted octanol–water partition coefficient (Wildman–Crippen LogP) is 0.439. The summed E-state index contributed by atoms with van der Waals surface area (Å²) in [5.74, 6) is -2.72. The predicted molar refractivity (Wildman–Crippen MR) is 273 cm³/mol. The Morgan fingerprint density at radius 3 is 1.32 bits per heavy atom. The summed E-state index contributed by atoms with van der Waals surface area (Å²) in [5, 5.41) is 47.2. The Bertz CT molecular complexity index is 1840. The maximum atomic E-state index is 12.9. The van der Waals surface area contributed by atoms with Gasteiger partial charge in [-0.05, 0) is 64.5 Å². The highest BCUT2D eigenvalue weighted by atomic mass is 16.7. The highest BCUT2D eigenvalue weighted by molar-refractivity contribution is 5.77. The van der Waals surface area contributed by atoms with Crippen LogP contribution in [0.1, 0.15) is 96.6 Å². The number of hydrogen-bond donors (Lipinski definition) is 10. The highest BCUT2D eigenvalue weighted by Crippen LogP contribution is 2.37. The number of ether oxygens (including phenoxy) is 10. The van der Waals surface area contributed by atoms with Crippen LogP contribution >= 0.6 is 0 Å². The van der Waals surface area contributed by atoms with Gasteiger partial charge in [-0.15, -0.1) is 0 Å². The second kappa shape index (κ2) is 29.6. The molecule has 75 heavy (non-hydrogen) atoms. The molecule has 424 valence electrons. The third-order valence-electron chi connectivity index (χ3n) is 14.0. The highest BCUT2D eigenvalue weighted by Gasteiger charge is 2.44. The van der Waals surface area contributed by atoms with Gasteiger partial charge in [0.25, 0.3) is 0 Å². The molecule has 2 aliphatic carbocycles. The minimum Gasteiger partial charge on any atom is -0.389 e. The molecular weight excluding hydrogens is 977 g/mol. The fraction of sp³-hybridized carbons (Fsp3) is 0.736. The van der Waals surface area contributed by atoms with Gasteiger partial charge in [0.15, 0.2) is 11.6 Å². The maximum absolute atomic E-state index is 12.9. The molecule has 14 N–H and O–H groups in total. The monoisotopic (exact) mass is 1060 g/mol. The van der Waals surface area contributed by atoms with E-state index in [1.807, 2.05) is 88.4 Å². The van der Waals surface area contributed by atoms with E-state index in [0.29, 0.717) is 58.2 Å². The Labute approximate surface area is 441 Å². The number of nitrogens with one attached hydrogen (secondary N) is 2. The van der Waals surface area contributed by atoms with Crippen LogP contribution in [0.2, 0.25) is 0 Å². The van der Waals surface area contributed by atoms with Crippen LogP contribution < -0.4 is 33.6 Å². The number of nitrogens with two attached hydrogens (primary N) is 4. The molecule has 2 saturated carbocycles. The van der Waals surface area contributed by atoms with Crippen LogP contribution in [0.3, 0.4) is 0 Å². The molecule has 22 nitrogen and oxygen atoms in total. The van der Waals surface area contributed by atoms with E-state index in [-0.39, 0.29) is 77.1 Å². The Balaban J connectivity index is 1.03. The van der Waals surface area contributed by atoms with Crippen molar-refractivity contribution in [2.24, 2.45) is 22.9 Å². The van der Waals surface area contributed by atoms with Crippen LogP contribution in [0.15, 0.2) is 60.7 Å². The molecule has 16 atom stereocenters. The zero-order valence-electron chi connectivity index (χ0n) is 44.0. The largest absolute Gasteiger partial charge is 0.389 e. The van der Waals surface area contributed by atoms with Crippen molar-refractivity contribution in [3.63, 3.8) is 0 Å². The summed E-state index contributed by atoms with van der Waals surface area (Å²) in [6.07, 6.45) is -4.99.